The Morgan fingerprint density at radius 2 is 2.11 bits per heavy atom. The van der Waals surface area contributed by atoms with Gasteiger partial charge in [0.15, 0.2) is 0 Å². The highest BCUT2D eigenvalue weighted by molar-refractivity contribution is 5.84. The molecule has 0 bridgehead atoms. The summed E-state index contributed by atoms with van der Waals surface area (Å²) in [6.07, 6.45) is 4.00. The smallest absolute Gasteiger partial charge is 0.311 e. The lowest BCUT2D eigenvalue weighted by molar-refractivity contribution is -0.150. The highest BCUT2D eigenvalue weighted by Crippen LogP contribution is 2.49. The maximum atomic E-state index is 12.3. The van der Waals surface area contributed by atoms with Gasteiger partial charge in [-0.15, -0.1) is 0 Å². The maximum absolute atomic E-state index is 12.3. The van der Waals surface area contributed by atoms with Gasteiger partial charge in [0.05, 0.1) is 5.41 Å². The van der Waals surface area contributed by atoms with Crippen LogP contribution >= 0.6 is 0 Å². The first-order valence-electron chi connectivity index (χ1n) is 6.77. The van der Waals surface area contributed by atoms with Gasteiger partial charge in [-0.25, -0.2) is 0 Å². The number of hydrogen-bond acceptors (Lipinski definition) is 3. The zero-order valence-corrected chi connectivity index (χ0v) is 10.4. The van der Waals surface area contributed by atoms with E-state index in [1.807, 2.05) is 0 Å². The number of aliphatic carboxylic acids is 1. The summed E-state index contributed by atoms with van der Waals surface area (Å²) in [5.41, 5.74) is -0.672. The van der Waals surface area contributed by atoms with Crippen molar-refractivity contribution < 1.29 is 19.4 Å². The minimum Gasteiger partial charge on any atom is -0.481 e. The lowest BCUT2D eigenvalue weighted by atomic mass is 9.81. The van der Waals surface area contributed by atoms with Gasteiger partial charge in [0.2, 0.25) is 0 Å². The minimum atomic E-state index is -0.729. The topological polar surface area (TPSA) is 66.8 Å². The molecule has 3 aliphatic rings. The highest BCUT2D eigenvalue weighted by Gasteiger charge is 2.56. The van der Waals surface area contributed by atoms with E-state index in [4.69, 9.17) is 4.74 Å². The molecule has 2 heterocycles. The number of nitrogens with zero attached hydrogens (tertiary/aromatic N) is 1. The molecule has 5 nitrogen and oxygen atoms in total. The molecule has 0 aromatic heterocycles. The highest BCUT2D eigenvalue weighted by atomic mass is 16.5. The minimum absolute atomic E-state index is 0.00234. The molecule has 0 aromatic rings. The van der Waals surface area contributed by atoms with Crippen LogP contribution in [0.15, 0.2) is 0 Å². The fourth-order valence-corrected chi connectivity index (χ4v) is 3.78. The predicted octanol–water partition coefficient (Wildman–Crippen LogP) is 0.879. The predicted molar refractivity (Wildman–Crippen MR) is 63.0 cm³/mol. The molecule has 2 aliphatic heterocycles. The molecular weight excluding hydrogens is 234 g/mol. The zero-order chi connectivity index (χ0) is 12.8. The average Bonchev–Trinajstić information content (AvgIpc) is 3.03. The van der Waals surface area contributed by atoms with Crippen LogP contribution in [0.5, 0.6) is 0 Å². The lowest BCUT2D eigenvalue weighted by Crippen LogP contribution is -2.40. The molecule has 100 valence electrons. The second kappa shape index (κ2) is 4.23. The number of carbonyl (C=O) groups excluding carboxylic acids is 1. The number of fused-ring (bicyclic) bond motifs is 1. The number of carboxylic acids is 1. The Balaban J connectivity index is 1.74. The molecule has 18 heavy (non-hydrogen) atoms. The molecule has 3 rings (SSSR count). The number of amides is 1. The van der Waals surface area contributed by atoms with Gasteiger partial charge in [-0.05, 0) is 31.6 Å². The summed E-state index contributed by atoms with van der Waals surface area (Å²) in [5.74, 6) is -0.587. The van der Waals surface area contributed by atoms with Crippen LogP contribution in [0.25, 0.3) is 0 Å². The fourth-order valence-electron chi connectivity index (χ4n) is 3.78. The second-order valence-corrected chi connectivity index (χ2v) is 5.77. The van der Waals surface area contributed by atoms with Crippen LogP contribution in [0.3, 0.4) is 0 Å². The summed E-state index contributed by atoms with van der Waals surface area (Å²) < 4.78 is 5.40. The van der Waals surface area contributed by atoms with E-state index in [9.17, 15) is 14.7 Å². The molecule has 0 unspecified atom stereocenters. The Morgan fingerprint density at radius 1 is 1.28 bits per heavy atom. The molecule has 3 atom stereocenters. The number of hydrogen-bond donors (Lipinski definition) is 1. The maximum Gasteiger partial charge on any atom is 0.311 e. The number of carboxylic acid groups (broad SMARTS) is 1. The Bertz CT molecular complexity index is 377. The number of carbonyl (C=O) groups is 2. The van der Waals surface area contributed by atoms with Gasteiger partial charge in [-0.3, -0.25) is 9.59 Å². The van der Waals surface area contributed by atoms with Gasteiger partial charge in [0.25, 0.3) is 5.91 Å². The summed E-state index contributed by atoms with van der Waals surface area (Å²) in [4.78, 5) is 25.5. The van der Waals surface area contributed by atoms with Crippen molar-refractivity contribution in [3.05, 3.63) is 0 Å². The van der Waals surface area contributed by atoms with Crippen LogP contribution in [-0.2, 0) is 14.3 Å². The van der Waals surface area contributed by atoms with E-state index in [-0.39, 0.29) is 17.9 Å². The molecule has 1 aliphatic carbocycles. The Kier molecular flexibility index (Phi) is 2.81. The largest absolute Gasteiger partial charge is 0.481 e. The fraction of sp³-hybridized carbons (Fsp3) is 0.846. The lowest BCUT2D eigenvalue weighted by Gasteiger charge is -2.24. The third-order valence-corrected chi connectivity index (χ3v) is 4.81. The van der Waals surface area contributed by atoms with Gasteiger partial charge in [-0.2, -0.15) is 0 Å². The van der Waals surface area contributed by atoms with E-state index in [1.165, 1.54) is 0 Å². The second-order valence-electron chi connectivity index (χ2n) is 5.77. The van der Waals surface area contributed by atoms with Crippen LogP contribution in [0.4, 0.5) is 0 Å². The van der Waals surface area contributed by atoms with Crippen molar-refractivity contribution in [1.29, 1.82) is 0 Å². The van der Waals surface area contributed by atoms with E-state index < -0.39 is 11.4 Å². The quantitative estimate of drug-likeness (QED) is 0.793. The molecule has 5 heteroatoms. The third kappa shape index (κ3) is 1.64. The van der Waals surface area contributed by atoms with Gasteiger partial charge in [0, 0.05) is 19.7 Å². The van der Waals surface area contributed by atoms with Crippen molar-refractivity contribution in [3.8, 4) is 0 Å². The van der Waals surface area contributed by atoms with Crippen LogP contribution in [0.1, 0.15) is 32.1 Å². The number of ether oxygens (including phenoxy) is 1. The normalized spacial score (nSPS) is 39.0. The first-order chi connectivity index (χ1) is 8.63. The van der Waals surface area contributed by atoms with Crippen LogP contribution in [0.2, 0.25) is 0 Å². The SMILES string of the molecule is O=C([C@@H]1CCCO1)N1C[C@@H]2CCC[C@@]2(C(=O)O)C1. The van der Waals surface area contributed by atoms with Gasteiger partial charge in [-0.1, -0.05) is 6.42 Å². The summed E-state index contributed by atoms with van der Waals surface area (Å²) >= 11 is 0. The first-order valence-corrected chi connectivity index (χ1v) is 6.77. The van der Waals surface area contributed by atoms with Crippen molar-refractivity contribution in [2.75, 3.05) is 19.7 Å². The Morgan fingerprint density at radius 3 is 2.72 bits per heavy atom. The summed E-state index contributed by atoms with van der Waals surface area (Å²) in [5, 5.41) is 9.47. The van der Waals surface area contributed by atoms with E-state index >= 15 is 0 Å². The third-order valence-electron chi connectivity index (χ3n) is 4.81. The van der Waals surface area contributed by atoms with Gasteiger partial charge >= 0.3 is 5.97 Å². The molecule has 1 N–H and O–H groups in total. The van der Waals surface area contributed by atoms with Crippen LogP contribution < -0.4 is 0 Å². The number of rotatable bonds is 2. The molecule has 1 saturated carbocycles. The first kappa shape index (κ1) is 12.0. The monoisotopic (exact) mass is 253 g/mol. The van der Waals surface area contributed by atoms with Crippen molar-refractivity contribution in [2.45, 2.75) is 38.2 Å². The van der Waals surface area contributed by atoms with Gasteiger partial charge in [0.1, 0.15) is 6.10 Å². The zero-order valence-electron chi connectivity index (χ0n) is 10.4. The molecule has 3 fully saturated rings. The van der Waals surface area contributed by atoms with Crippen molar-refractivity contribution in [3.63, 3.8) is 0 Å². The van der Waals surface area contributed by atoms with E-state index in [0.29, 0.717) is 26.1 Å². The van der Waals surface area contributed by atoms with E-state index in [1.54, 1.807) is 4.90 Å². The molecule has 1 amide bonds. The van der Waals surface area contributed by atoms with Crippen LogP contribution in [0, 0.1) is 11.3 Å². The Labute approximate surface area is 106 Å². The van der Waals surface area contributed by atoms with E-state index in [0.717, 1.165) is 25.7 Å². The molecule has 0 aromatic carbocycles. The van der Waals surface area contributed by atoms with Crippen molar-refractivity contribution >= 4 is 11.9 Å². The molecule has 0 radical (unpaired) electrons. The molecule has 0 spiro atoms. The van der Waals surface area contributed by atoms with Crippen molar-refractivity contribution in [1.82, 2.24) is 4.90 Å². The summed E-state index contributed by atoms with van der Waals surface area (Å²) in [6.45, 7) is 1.63. The number of likely N-dealkylation sites (tertiary alicyclic amines) is 1. The average molecular weight is 253 g/mol. The van der Waals surface area contributed by atoms with E-state index in [2.05, 4.69) is 0 Å². The molecule has 2 saturated heterocycles. The summed E-state index contributed by atoms with van der Waals surface area (Å²) in [7, 11) is 0. The Hall–Kier alpha value is -1.10. The van der Waals surface area contributed by atoms with Gasteiger partial charge < -0.3 is 14.7 Å². The van der Waals surface area contributed by atoms with Crippen LogP contribution in [-0.4, -0.2) is 47.7 Å². The standard InChI is InChI=1S/C13H19NO4/c15-11(10-4-2-6-18-10)14-7-9-3-1-5-13(9,8-14)12(16)17/h9-10H,1-8H2,(H,16,17)/t9-,10-,13+/m0/s1. The van der Waals surface area contributed by atoms with Crippen molar-refractivity contribution in [2.24, 2.45) is 11.3 Å². The molecular formula is C13H19NO4. The summed E-state index contributed by atoms with van der Waals surface area (Å²) in [6, 6.07) is 0.